The standard InChI is InChI=1S/C15H17N3O/c1-11-9-15(19)14(10-16-12-7-8-12)17-18(11)13-5-3-2-4-6-13/h2-6,9,12,16H,7-8,10H2,1H3. The van der Waals surface area contributed by atoms with Gasteiger partial charge < -0.3 is 5.32 Å². The number of rotatable bonds is 4. The minimum Gasteiger partial charge on any atom is -0.308 e. The molecule has 1 aliphatic rings. The number of benzene rings is 1. The molecule has 1 aromatic heterocycles. The van der Waals surface area contributed by atoms with Gasteiger partial charge >= 0.3 is 0 Å². The Kier molecular flexibility index (Phi) is 3.17. The van der Waals surface area contributed by atoms with Crippen molar-refractivity contribution in [1.29, 1.82) is 0 Å². The normalized spacial score (nSPS) is 14.6. The zero-order valence-electron chi connectivity index (χ0n) is 11.0. The molecule has 0 aliphatic heterocycles. The Morgan fingerprint density at radius 3 is 2.74 bits per heavy atom. The maximum atomic E-state index is 11.9. The van der Waals surface area contributed by atoms with E-state index in [1.807, 2.05) is 41.9 Å². The van der Waals surface area contributed by atoms with Crippen molar-refractivity contribution in [2.24, 2.45) is 0 Å². The number of aryl methyl sites for hydroxylation is 1. The summed E-state index contributed by atoms with van der Waals surface area (Å²) in [7, 11) is 0. The second-order valence-electron chi connectivity index (χ2n) is 5.00. The molecule has 1 saturated carbocycles. The van der Waals surface area contributed by atoms with Crippen LogP contribution >= 0.6 is 0 Å². The van der Waals surface area contributed by atoms with Crippen LogP contribution in [0.25, 0.3) is 5.69 Å². The highest BCUT2D eigenvalue weighted by atomic mass is 16.1. The Balaban J connectivity index is 1.94. The van der Waals surface area contributed by atoms with Crippen molar-refractivity contribution in [3.63, 3.8) is 0 Å². The molecule has 0 spiro atoms. The molecule has 2 aromatic rings. The van der Waals surface area contributed by atoms with Gasteiger partial charge in [0.05, 0.1) is 5.69 Å². The fourth-order valence-corrected chi connectivity index (χ4v) is 2.06. The fourth-order valence-electron chi connectivity index (χ4n) is 2.06. The quantitative estimate of drug-likeness (QED) is 0.906. The lowest BCUT2D eigenvalue weighted by Crippen LogP contribution is -2.25. The van der Waals surface area contributed by atoms with E-state index in [1.54, 1.807) is 6.07 Å². The molecular formula is C15H17N3O. The fraction of sp³-hybridized carbons (Fsp3) is 0.333. The van der Waals surface area contributed by atoms with E-state index in [9.17, 15) is 4.79 Å². The molecule has 3 rings (SSSR count). The Bertz CT molecular complexity index is 630. The first-order valence-corrected chi connectivity index (χ1v) is 6.63. The van der Waals surface area contributed by atoms with Gasteiger partial charge in [-0.1, -0.05) is 18.2 Å². The number of aromatic nitrogens is 2. The van der Waals surface area contributed by atoms with E-state index in [2.05, 4.69) is 10.4 Å². The van der Waals surface area contributed by atoms with Crippen LogP contribution < -0.4 is 10.7 Å². The maximum absolute atomic E-state index is 11.9. The highest BCUT2D eigenvalue weighted by molar-refractivity contribution is 5.32. The number of hydrogen-bond donors (Lipinski definition) is 1. The minimum absolute atomic E-state index is 0.0119. The summed E-state index contributed by atoms with van der Waals surface area (Å²) in [5, 5.41) is 7.82. The highest BCUT2D eigenvalue weighted by Crippen LogP contribution is 2.18. The summed E-state index contributed by atoms with van der Waals surface area (Å²) in [5.41, 5.74) is 2.43. The summed E-state index contributed by atoms with van der Waals surface area (Å²) < 4.78 is 1.82. The van der Waals surface area contributed by atoms with Crippen LogP contribution in [0, 0.1) is 6.92 Å². The number of nitrogens with zero attached hydrogens (tertiary/aromatic N) is 2. The first-order chi connectivity index (χ1) is 9.24. The van der Waals surface area contributed by atoms with Gasteiger partial charge in [-0.25, -0.2) is 4.68 Å². The molecule has 0 bridgehead atoms. The maximum Gasteiger partial charge on any atom is 0.204 e. The van der Waals surface area contributed by atoms with E-state index in [1.165, 1.54) is 12.8 Å². The largest absolute Gasteiger partial charge is 0.308 e. The van der Waals surface area contributed by atoms with Gasteiger partial charge in [-0.3, -0.25) is 4.79 Å². The summed E-state index contributed by atoms with van der Waals surface area (Å²) in [6.45, 7) is 2.45. The summed E-state index contributed by atoms with van der Waals surface area (Å²) >= 11 is 0. The second-order valence-corrected chi connectivity index (χ2v) is 5.00. The summed E-state index contributed by atoms with van der Waals surface area (Å²) in [5.74, 6) is 0. The topological polar surface area (TPSA) is 46.9 Å². The third-order valence-corrected chi connectivity index (χ3v) is 3.32. The van der Waals surface area contributed by atoms with Gasteiger partial charge in [0, 0.05) is 24.3 Å². The first-order valence-electron chi connectivity index (χ1n) is 6.63. The molecule has 4 nitrogen and oxygen atoms in total. The summed E-state index contributed by atoms with van der Waals surface area (Å²) in [4.78, 5) is 11.9. The molecule has 0 amide bonds. The van der Waals surface area contributed by atoms with Crippen LogP contribution in [0.4, 0.5) is 0 Å². The average molecular weight is 255 g/mol. The van der Waals surface area contributed by atoms with E-state index in [-0.39, 0.29) is 5.43 Å². The molecule has 0 atom stereocenters. The van der Waals surface area contributed by atoms with Crippen LogP contribution in [0.2, 0.25) is 0 Å². The lowest BCUT2D eigenvalue weighted by molar-refractivity contribution is 0.642. The summed E-state index contributed by atoms with van der Waals surface area (Å²) in [6, 6.07) is 12.1. The molecule has 0 saturated heterocycles. The van der Waals surface area contributed by atoms with Crippen LogP contribution in [0.15, 0.2) is 41.2 Å². The predicted molar refractivity (Wildman–Crippen MR) is 74.4 cm³/mol. The minimum atomic E-state index is 0.0119. The lowest BCUT2D eigenvalue weighted by Gasteiger charge is -2.11. The average Bonchev–Trinajstić information content (AvgIpc) is 3.23. The SMILES string of the molecule is Cc1cc(=O)c(CNC2CC2)nn1-c1ccccc1. The number of nitrogens with one attached hydrogen (secondary N) is 1. The highest BCUT2D eigenvalue weighted by Gasteiger charge is 2.21. The monoisotopic (exact) mass is 255 g/mol. The smallest absolute Gasteiger partial charge is 0.204 e. The zero-order chi connectivity index (χ0) is 13.2. The van der Waals surface area contributed by atoms with E-state index < -0.39 is 0 Å². The van der Waals surface area contributed by atoms with Gasteiger partial charge in [0.2, 0.25) is 5.43 Å². The Morgan fingerprint density at radius 1 is 1.32 bits per heavy atom. The van der Waals surface area contributed by atoms with Gasteiger partial charge in [0.1, 0.15) is 5.69 Å². The van der Waals surface area contributed by atoms with E-state index in [0.29, 0.717) is 18.3 Å². The van der Waals surface area contributed by atoms with Crippen molar-refractivity contribution < 1.29 is 0 Å². The summed E-state index contributed by atoms with van der Waals surface area (Å²) in [6.07, 6.45) is 2.41. The zero-order valence-corrected chi connectivity index (χ0v) is 11.0. The van der Waals surface area contributed by atoms with Crippen molar-refractivity contribution in [3.8, 4) is 5.69 Å². The van der Waals surface area contributed by atoms with Gasteiger partial charge in [-0.2, -0.15) is 5.10 Å². The Labute approximate surface area is 112 Å². The van der Waals surface area contributed by atoms with Crippen LogP contribution in [0.3, 0.4) is 0 Å². The third kappa shape index (κ3) is 2.74. The van der Waals surface area contributed by atoms with Gasteiger partial charge in [0.15, 0.2) is 0 Å². The second kappa shape index (κ2) is 4.97. The van der Waals surface area contributed by atoms with Crippen molar-refractivity contribution in [2.45, 2.75) is 32.4 Å². The molecule has 19 heavy (non-hydrogen) atoms. The number of para-hydroxylation sites is 1. The van der Waals surface area contributed by atoms with Crippen LogP contribution in [-0.2, 0) is 6.54 Å². The van der Waals surface area contributed by atoms with Crippen molar-refractivity contribution in [2.75, 3.05) is 0 Å². The van der Waals surface area contributed by atoms with Crippen molar-refractivity contribution >= 4 is 0 Å². The molecule has 0 unspecified atom stereocenters. The van der Waals surface area contributed by atoms with Crippen LogP contribution in [0.5, 0.6) is 0 Å². The molecule has 1 fully saturated rings. The molecule has 1 heterocycles. The van der Waals surface area contributed by atoms with Crippen molar-refractivity contribution in [3.05, 3.63) is 58.0 Å². The molecule has 1 N–H and O–H groups in total. The first kappa shape index (κ1) is 12.1. The van der Waals surface area contributed by atoms with Crippen LogP contribution in [0.1, 0.15) is 24.2 Å². The van der Waals surface area contributed by atoms with Gasteiger partial charge in [0.25, 0.3) is 0 Å². The number of hydrogen-bond acceptors (Lipinski definition) is 3. The molecule has 4 heteroatoms. The van der Waals surface area contributed by atoms with E-state index in [4.69, 9.17) is 0 Å². The predicted octanol–water partition coefficient (Wildman–Crippen LogP) is 1.79. The van der Waals surface area contributed by atoms with Gasteiger partial charge in [-0.05, 0) is 31.9 Å². The van der Waals surface area contributed by atoms with Gasteiger partial charge in [-0.15, -0.1) is 0 Å². The Morgan fingerprint density at radius 2 is 2.05 bits per heavy atom. The molecule has 1 aliphatic carbocycles. The molecular weight excluding hydrogens is 238 g/mol. The van der Waals surface area contributed by atoms with E-state index in [0.717, 1.165) is 11.4 Å². The van der Waals surface area contributed by atoms with E-state index >= 15 is 0 Å². The van der Waals surface area contributed by atoms with Crippen molar-refractivity contribution in [1.82, 2.24) is 15.1 Å². The van der Waals surface area contributed by atoms with Crippen LogP contribution in [-0.4, -0.2) is 15.8 Å². The lowest BCUT2D eigenvalue weighted by atomic mass is 10.3. The molecule has 0 radical (unpaired) electrons. The molecule has 98 valence electrons. The molecule has 1 aromatic carbocycles. The third-order valence-electron chi connectivity index (χ3n) is 3.32. The Hall–Kier alpha value is -1.94.